The summed E-state index contributed by atoms with van der Waals surface area (Å²) in [5, 5.41) is 12.0. The molecule has 0 radical (unpaired) electrons. The molecule has 0 spiro atoms. The number of methoxy groups -OCH3 is 1. The Morgan fingerprint density at radius 2 is 1.94 bits per heavy atom. The number of carbonyl (C=O) groups is 1. The first-order valence-corrected chi connectivity index (χ1v) is 11.2. The number of fused-ring (bicyclic) bond motifs is 1. The lowest BCUT2D eigenvalue weighted by atomic mass is 10.1. The minimum absolute atomic E-state index is 0.120. The summed E-state index contributed by atoms with van der Waals surface area (Å²) in [4.78, 5) is 19.3. The van der Waals surface area contributed by atoms with Gasteiger partial charge in [-0.3, -0.25) is 9.89 Å². The number of halogens is 1. The van der Waals surface area contributed by atoms with Gasteiger partial charge in [-0.25, -0.2) is 9.50 Å². The van der Waals surface area contributed by atoms with Crippen LogP contribution < -0.4 is 15.4 Å². The van der Waals surface area contributed by atoms with E-state index in [-0.39, 0.29) is 5.69 Å². The van der Waals surface area contributed by atoms with Crippen LogP contribution in [0.2, 0.25) is 5.02 Å². The maximum absolute atomic E-state index is 12.4. The third-order valence-electron chi connectivity index (χ3n) is 5.73. The van der Waals surface area contributed by atoms with Crippen LogP contribution in [0.1, 0.15) is 16.1 Å². The zero-order valence-electron chi connectivity index (χ0n) is 19.1. The van der Waals surface area contributed by atoms with E-state index in [0.717, 1.165) is 22.4 Å². The van der Waals surface area contributed by atoms with E-state index in [9.17, 15) is 4.79 Å². The monoisotopic (exact) mass is 487 g/mol. The number of ether oxygens (including phenoxy) is 1. The van der Waals surface area contributed by atoms with Crippen molar-refractivity contribution in [1.82, 2.24) is 24.8 Å². The van der Waals surface area contributed by atoms with Crippen LogP contribution in [0.4, 0.5) is 5.82 Å². The number of aromatic nitrogens is 5. The Labute approximate surface area is 206 Å². The first-order chi connectivity index (χ1) is 17.0. The molecule has 0 bridgehead atoms. The molecule has 10 heteroatoms. The number of anilines is 1. The Morgan fingerprint density at radius 1 is 1.17 bits per heavy atom. The Balaban J connectivity index is 1.73. The largest absolute Gasteiger partial charge is 0.496 e. The molecule has 9 nitrogen and oxygen atoms in total. The van der Waals surface area contributed by atoms with E-state index in [1.54, 1.807) is 36.2 Å². The Kier molecular flexibility index (Phi) is 5.84. The summed E-state index contributed by atoms with van der Waals surface area (Å²) in [7, 11) is 3.59. The number of rotatable bonds is 7. The molecule has 0 atom stereocenters. The number of nitrogens with zero attached hydrogens (tertiary/aromatic N) is 5. The number of hydrogen-bond acceptors (Lipinski definition) is 6. The van der Waals surface area contributed by atoms with E-state index in [4.69, 9.17) is 27.1 Å². The van der Waals surface area contributed by atoms with Crippen LogP contribution in [-0.2, 0) is 6.54 Å². The number of H-pyrrole nitrogens is 1. The van der Waals surface area contributed by atoms with Gasteiger partial charge in [0.15, 0.2) is 11.3 Å². The van der Waals surface area contributed by atoms with Crippen LogP contribution in [0.15, 0.2) is 67.0 Å². The van der Waals surface area contributed by atoms with Crippen molar-refractivity contribution >= 4 is 29.0 Å². The van der Waals surface area contributed by atoms with E-state index >= 15 is 0 Å². The highest BCUT2D eigenvalue weighted by Gasteiger charge is 2.24. The molecule has 176 valence electrons. The second kappa shape index (κ2) is 9.11. The van der Waals surface area contributed by atoms with E-state index in [1.165, 1.54) is 0 Å². The number of benzene rings is 2. The molecule has 0 aliphatic heterocycles. The average molecular weight is 488 g/mol. The molecule has 5 aromatic rings. The molecular formula is C25H22ClN7O2. The van der Waals surface area contributed by atoms with Crippen molar-refractivity contribution in [3.63, 3.8) is 0 Å². The lowest BCUT2D eigenvalue weighted by Gasteiger charge is -2.21. The Hall–Kier alpha value is -4.37. The minimum Gasteiger partial charge on any atom is -0.496 e. The second-order valence-corrected chi connectivity index (χ2v) is 8.42. The van der Waals surface area contributed by atoms with Gasteiger partial charge in [0.2, 0.25) is 0 Å². The van der Waals surface area contributed by atoms with Crippen molar-refractivity contribution in [2.45, 2.75) is 6.54 Å². The van der Waals surface area contributed by atoms with Gasteiger partial charge in [0.25, 0.3) is 5.91 Å². The predicted molar refractivity (Wildman–Crippen MR) is 135 cm³/mol. The lowest BCUT2D eigenvalue weighted by molar-refractivity contribution is 0.0996. The number of primary amides is 1. The molecule has 0 fully saturated rings. The standard InChI is InChI=1S/C25H22ClN7O2/c1-32(14-16-5-3-4-6-20(16)35-2)21-11-19(17-12-28-29-13-17)33-25(30-21)22(23(31-33)24(27)34)15-7-9-18(26)10-8-15/h3-13H,14H2,1-2H3,(H2,27,34)(H,28,29). The van der Waals surface area contributed by atoms with Crippen LogP contribution >= 0.6 is 11.6 Å². The van der Waals surface area contributed by atoms with E-state index in [2.05, 4.69) is 15.3 Å². The maximum atomic E-state index is 12.4. The van der Waals surface area contributed by atoms with Crippen molar-refractivity contribution in [3.8, 4) is 28.1 Å². The maximum Gasteiger partial charge on any atom is 0.269 e. The van der Waals surface area contributed by atoms with Crippen molar-refractivity contribution < 1.29 is 9.53 Å². The van der Waals surface area contributed by atoms with Crippen molar-refractivity contribution in [2.75, 3.05) is 19.1 Å². The second-order valence-electron chi connectivity index (χ2n) is 7.98. The van der Waals surface area contributed by atoms with Gasteiger partial charge in [0.1, 0.15) is 11.6 Å². The van der Waals surface area contributed by atoms with Gasteiger partial charge in [0, 0.05) is 42.0 Å². The molecule has 3 heterocycles. The molecule has 35 heavy (non-hydrogen) atoms. The minimum atomic E-state index is -0.650. The fraction of sp³-hybridized carbons (Fsp3) is 0.120. The Bertz CT molecular complexity index is 1510. The molecule has 2 aromatic carbocycles. The summed E-state index contributed by atoms with van der Waals surface area (Å²) in [6.45, 7) is 0.547. The summed E-state index contributed by atoms with van der Waals surface area (Å²) in [5.74, 6) is 0.811. The number of carbonyl (C=O) groups excluding carboxylic acids is 1. The highest BCUT2D eigenvalue weighted by Crippen LogP contribution is 2.33. The normalized spacial score (nSPS) is 11.1. The van der Waals surface area contributed by atoms with Crippen LogP contribution in [0.25, 0.3) is 28.0 Å². The van der Waals surface area contributed by atoms with Crippen LogP contribution in [0.5, 0.6) is 5.75 Å². The van der Waals surface area contributed by atoms with Gasteiger partial charge >= 0.3 is 0 Å². The van der Waals surface area contributed by atoms with Crippen LogP contribution in [0.3, 0.4) is 0 Å². The fourth-order valence-corrected chi connectivity index (χ4v) is 4.15. The molecular weight excluding hydrogens is 466 g/mol. The Morgan fingerprint density at radius 3 is 2.63 bits per heavy atom. The van der Waals surface area contributed by atoms with Crippen molar-refractivity contribution in [1.29, 1.82) is 0 Å². The quantitative estimate of drug-likeness (QED) is 0.356. The first-order valence-electron chi connectivity index (χ1n) is 10.8. The zero-order chi connectivity index (χ0) is 24.5. The molecule has 0 unspecified atom stereocenters. The van der Waals surface area contributed by atoms with Crippen LogP contribution in [-0.4, -0.2) is 44.9 Å². The van der Waals surface area contributed by atoms with E-state index in [1.807, 2.05) is 54.4 Å². The summed E-state index contributed by atoms with van der Waals surface area (Å²) >= 11 is 6.10. The molecule has 3 aromatic heterocycles. The molecule has 0 aliphatic rings. The lowest BCUT2D eigenvalue weighted by Crippen LogP contribution is -2.19. The number of nitrogens with one attached hydrogen (secondary N) is 1. The van der Waals surface area contributed by atoms with Gasteiger partial charge in [-0.05, 0) is 23.8 Å². The number of nitrogens with two attached hydrogens (primary N) is 1. The number of amides is 1. The SMILES string of the molecule is COc1ccccc1CN(C)c1cc(-c2cn[nH]c2)n2nc(C(N)=O)c(-c3ccc(Cl)cc3)c2n1. The molecule has 0 aliphatic carbocycles. The molecule has 1 amide bonds. The highest BCUT2D eigenvalue weighted by atomic mass is 35.5. The zero-order valence-corrected chi connectivity index (χ0v) is 19.8. The first kappa shape index (κ1) is 22.4. The molecule has 5 rings (SSSR count). The number of hydrogen-bond donors (Lipinski definition) is 2. The predicted octanol–water partition coefficient (Wildman–Crippen LogP) is 4.18. The number of para-hydroxylation sites is 1. The summed E-state index contributed by atoms with van der Waals surface area (Å²) in [6.07, 6.45) is 3.44. The van der Waals surface area contributed by atoms with Gasteiger partial charge in [-0.1, -0.05) is 41.9 Å². The van der Waals surface area contributed by atoms with Gasteiger partial charge < -0.3 is 15.4 Å². The molecule has 0 saturated carbocycles. The third-order valence-corrected chi connectivity index (χ3v) is 5.98. The molecule has 3 N–H and O–H groups in total. The fourth-order valence-electron chi connectivity index (χ4n) is 4.02. The van der Waals surface area contributed by atoms with Gasteiger partial charge in [-0.15, -0.1) is 0 Å². The van der Waals surface area contributed by atoms with Crippen molar-refractivity contribution in [2.24, 2.45) is 5.73 Å². The topological polar surface area (TPSA) is 114 Å². The summed E-state index contributed by atoms with van der Waals surface area (Å²) in [6, 6.07) is 16.9. The highest BCUT2D eigenvalue weighted by molar-refractivity contribution is 6.30. The third kappa shape index (κ3) is 4.17. The average Bonchev–Trinajstić information content (AvgIpc) is 3.53. The van der Waals surface area contributed by atoms with E-state index in [0.29, 0.717) is 34.3 Å². The smallest absolute Gasteiger partial charge is 0.269 e. The van der Waals surface area contributed by atoms with E-state index < -0.39 is 5.91 Å². The summed E-state index contributed by atoms with van der Waals surface area (Å²) < 4.78 is 7.14. The molecule has 0 saturated heterocycles. The van der Waals surface area contributed by atoms with Crippen LogP contribution in [0, 0.1) is 0 Å². The van der Waals surface area contributed by atoms with Gasteiger partial charge in [0.05, 0.1) is 24.6 Å². The number of aromatic amines is 1. The van der Waals surface area contributed by atoms with Crippen molar-refractivity contribution in [3.05, 3.63) is 83.3 Å². The summed E-state index contributed by atoms with van der Waals surface area (Å²) in [5.41, 5.74) is 10.1. The van der Waals surface area contributed by atoms with Gasteiger partial charge in [-0.2, -0.15) is 10.2 Å².